The van der Waals surface area contributed by atoms with E-state index in [1.165, 1.54) is 16.4 Å². The first kappa shape index (κ1) is 20.6. The van der Waals surface area contributed by atoms with Gasteiger partial charge in [-0.2, -0.15) is 4.31 Å². The van der Waals surface area contributed by atoms with Crippen molar-refractivity contribution in [1.82, 2.24) is 9.21 Å². The van der Waals surface area contributed by atoms with Gasteiger partial charge in [0.25, 0.3) is 5.91 Å². The van der Waals surface area contributed by atoms with Gasteiger partial charge in [-0.1, -0.05) is 18.5 Å². The van der Waals surface area contributed by atoms with Gasteiger partial charge < -0.3 is 9.64 Å². The van der Waals surface area contributed by atoms with Crippen LogP contribution in [0.15, 0.2) is 23.1 Å². The van der Waals surface area contributed by atoms with E-state index in [9.17, 15) is 13.2 Å². The van der Waals surface area contributed by atoms with Crippen molar-refractivity contribution in [3.63, 3.8) is 0 Å². The highest BCUT2D eigenvalue weighted by Gasteiger charge is 2.31. The van der Waals surface area contributed by atoms with Crippen molar-refractivity contribution in [3.8, 4) is 0 Å². The number of rotatable bonds is 5. The van der Waals surface area contributed by atoms with E-state index in [0.29, 0.717) is 31.1 Å². The lowest BCUT2D eigenvalue weighted by Crippen LogP contribution is -2.39. The zero-order chi connectivity index (χ0) is 19.6. The van der Waals surface area contributed by atoms with Crippen molar-refractivity contribution in [1.29, 1.82) is 0 Å². The molecule has 8 heteroatoms. The minimum absolute atomic E-state index is 0.00892. The Morgan fingerprint density at radius 3 is 2.78 bits per heavy atom. The molecule has 0 aromatic heterocycles. The van der Waals surface area contributed by atoms with Crippen LogP contribution in [0.2, 0.25) is 5.02 Å². The van der Waals surface area contributed by atoms with Crippen molar-refractivity contribution in [3.05, 3.63) is 28.8 Å². The van der Waals surface area contributed by atoms with E-state index in [0.717, 1.165) is 32.3 Å². The highest BCUT2D eigenvalue weighted by atomic mass is 35.5. The number of hydrogen-bond acceptors (Lipinski definition) is 4. The number of benzene rings is 1. The van der Waals surface area contributed by atoms with Gasteiger partial charge in [0.2, 0.25) is 10.0 Å². The first-order chi connectivity index (χ1) is 12.8. The Bertz CT molecular complexity index is 793. The summed E-state index contributed by atoms with van der Waals surface area (Å²) in [6.07, 6.45) is 3.84. The molecule has 2 atom stereocenters. The molecule has 150 valence electrons. The molecule has 2 unspecified atom stereocenters. The maximum Gasteiger partial charge on any atom is 0.253 e. The summed E-state index contributed by atoms with van der Waals surface area (Å²) in [4.78, 5) is 14.4. The quantitative estimate of drug-likeness (QED) is 0.742. The molecule has 2 aliphatic heterocycles. The van der Waals surface area contributed by atoms with Crippen LogP contribution >= 0.6 is 11.6 Å². The molecular formula is C19H27ClN2O4S. The van der Waals surface area contributed by atoms with Gasteiger partial charge in [-0.05, 0) is 49.8 Å². The number of carbonyl (C=O) groups excluding carboxylic acids is 1. The van der Waals surface area contributed by atoms with E-state index in [2.05, 4.69) is 0 Å². The van der Waals surface area contributed by atoms with Crippen LogP contribution in [0, 0.1) is 5.92 Å². The van der Waals surface area contributed by atoms with Crippen LogP contribution in [0.1, 0.15) is 43.0 Å². The highest BCUT2D eigenvalue weighted by molar-refractivity contribution is 7.89. The molecule has 2 saturated heterocycles. The smallest absolute Gasteiger partial charge is 0.253 e. The van der Waals surface area contributed by atoms with Crippen molar-refractivity contribution in [2.24, 2.45) is 5.92 Å². The molecule has 6 nitrogen and oxygen atoms in total. The Morgan fingerprint density at radius 1 is 1.33 bits per heavy atom. The van der Waals surface area contributed by atoms with Crippen molar-refractivity contribution in [2.45, 2.75) is 43.6 Å². The number of likely N-dealkylation sites (N-methyl/N-ethyl adjacent to an activating group) is 1. The second-order valence-electron chi connectivity index (χ2n) is 7.58. The molecule has 0 bridgehead atoms. The monoisotopic (exact) mass is 414 g/mol. The molecule has 0 aliphatic carbocycles. The summed E-state index contributed by atoms with van der Waals surface area (Å²) in [6, 6.07) is 4.48. The summed E-state index contributed by atoms with van der Waals surface area (Å²) in [5.74, 6) is 0.0836. The number of carbonyl (C=O) groups is 1. The summed E-state index contributed by atoms with van der Waals surface area (Å²) in [7, 11) is -2.02. The summed E-state index contributed by atoms with van der Waals surface area (Å²) in [5.41, 5.74) is 0.323. The van der Waals surface area contributed by atoms with Gasteiger partial charge >= 0.3 is 0 Å². The van der Waals surface area contributed by atoms with E-state index < -0.39 is 10.0 Å². The number of amides is 1. The number of halogens is 1. The van der Waals surface area contributed by atoms with Crippen molar-refractivity contribution < 1.29 is 17.9 Å². The molecule has 3 rings (SSSR count). The van der Waals surface area contributed by atoms with Gasteiger partial charge in [-0.15, -0.1) is 0 Å². The van der Waals surface area contributed by atoms with E-state index >= 15 is 0 Å². The Labute approximate surface area is 166 Å². The maximum absolute atomic E-state index is 13.1. The summed E-state index contributed by atoms with van der Waals surface area (Å²) >= 11 is 6.21. The Kier molecular flexibility index (Phi) is 6.46. The first-order valence-corrected chi connectivity index (χ1v) is 11.3. The van der Waals surface area contributed by atoms with E-state index in [1.54, 1.807) is 18.0 Å². The highest BCUT2D eigenvalue weighted by Crippen LogP contribution is 2.29. The van der Waals surface area contributed by atoms with Gasteiger partial charge in [-0.3, -0.25) is 4.79 Å². The van der Waals surface area contributed by atoms with Gasteiger partial charge in [0, 0.05) is 38.9 Å². The lowest BCUT2D eigenvalue weighted by molar-refractivity contribution is 0.0587. The standard InChI is InChI=1S/C19H27ClN2O4S/c1-14-5-3-9-22(12-14)27(24,25)18-11-15(7-8-17(18)20)19(23)21(2)13-16-6-4-10-26-16/h7-8,11,14,16H,3-6,9-10,12-13H2,1-2H3. The molecule has 0 N–H and O–H groups in total. The second kappa shape index (κ2) is 8.47. The molecule has 1 aromatic rings. The van der Waals surface area contributed by atoms with Crippen molar-refractivity contribution >= 4 is 27.5 Å². The average Bonchev–Trinajstić information content (AvgIpc) is 3.14. The molecule has 2 fully saturated rings. The lowest BCUT2D eigenvalue weighted by atomic mass is 10.0. The van der Waals surface area contributed by atoms with Crippen LogP contribution < -0.4 is 0 Å². The second-order valence-corrected chi connectivity index (χ2v) is 9.89. The Hall–Kier alpha value is -1.15. The number of ether oxygens (including phenoxy) is 1. The third kappa shape index (κ3) is 4.65. The summed E-state index contributed by atoms with van der Waals surface area (Å²) in [6.45, 7) is 4.23. The fourth-order valence-electron chi connectivity index (χ4n) is 3.73. The zero-order valence-corrected chi connectivity index (χ0v) is 17.4. The predicted molar refractivity (Wildman–Crippen MR) is 105 cm³/mol. The first-order valence-electron chi connectivity index (χ1n) is 9.46. The van der Waals surface area contributed by atoms with Gasteiger partial charge in [0.15, 0.2) is 0 Å². The number of sulfonamides is 1. The lowest BCUT2D eigenvalue weighted by Gasteiger charge is -2.30. The number of hydrogen-bond donors (Lipinski definition) is 0. The molecule has 0 spiro atoms. The van der Waals surface area contributed by atoms with Crippen LogP contribution in [-0.2, 0) is 14.8 Å². The molecule has 0 radical (unpaired) electrons. The van der Waals surface area contributed by atoms with E-state index in [4.69, 9.17) is 16.3 Å². The van der Waals surface area contributed by atoms with Crippen LogP contribution in [0.3, 0.4) is 0 Å². The minimum Gasteiger partial charge on any atom is -0.376 e. The number of nitrogens with zero attached hydrogens (tertiary/aromatic N) is 2. The average molecular weight is 415 g/mol. The third-order valence-corrected chi connectivity index (χ3v) is 7.61. The van der Waals surface area contributed by atoms with Gasteiger partial charge in [0.1, 0.15) is 4.90 Å². The Balaban J connectivity index is 1.81. The SMILES string of the molecule is CC1CCCN(S(=O)(=O)c2cc(C(=O)N(C)CC3CCCO3)ccc2Cl)C1. The Morgan fingerprint density at radius 2 is 2.11 bits per heavy atom. The summed E-state index contributed by atoms with van der Waals surface area (Å²) in [5, 5.41) is 0.145. The molecule has 1 amide bonds. The molecular weight excluding hydrogens is 388 g/mol. The minimum atomic E-state index is -3.72. The summed E-state index contributed by atoms with van der Waals surface area (Å²) < 4.78 is 33.2. The number of piperidine rings is 1. The van der Waals surface area contributed by atoms with E-state index in [1.807, 2.05) is 6.92 Å². The largest absolute Gasteiger partial charge is 0.376 e. The fourth-order valence-corrected chi connectivity index (χ4v) is 5.83. The van der Waals surface area contributed by atoms with Crippen LogP contribution in [-0.4, -0.2) is 62.9 Å². The maximum atomic E-state index is 13.1. The molecule has 2 aliphatic rings. The van der Waals surface area contributed by atoms with Gasteiger partial charge in [0.05, 0.1) is 11.1 Å². The molecule has 27 heavy (non-hydrogen) atoms. The predicted octanol–water partition coefficient (Wildman–Crippen LogP) is 3.01. The van der Waals surface area contributed by atoms with Crippen molar-refractivity contribution in [2.75, 3.05) is 33.3 Å². The van der Waals surface area contributed by atoms with Crippen LogP contribution in [0.5, 0.6) is 0 Å². The van der Waals surface area contributed by atoms with Crippen LogP contribution in [0.25, 0.3) is 0 Å². The molecule has 2 heterocycles. The normalized spacial score (nSPS) is 24.1. The van der Waals surface area contributed by atoms with E-state index in [-0.39, 0.29) is 21.9 Å². The third-order valence-electron chi connectivity index (χ3n) is 5.26. The van der Waals surface area contributed by atoms with Gasteiger partial charge in [-0.25, -0.2) is 8.42 Å². The molecule has 1 aromatic carbocycles. The van der Waals surface area contributed by atoms with Crippen LogP contribution in [0.4, 0.5) is 0 Å². The molecule has 0 saturated carbocycles. The topological polar surface area (TPSA) is 66.9 Å². The zero-order valence-electron chi connectivity index (χ0n) is 15.9. The fraction of sp³-hybridized carbons (Fsp3) is 0.632.